The molecular formula is C13H17NO4S. The maximum atomic E-state index is 11.4. The van der Waals surface area contributed by atoms with Gasteiger partial charge in [-0.2, -0.15) is 0 Å². The zero-order valence-corrected chi connectivity index (χ0v) is 11.5. The van der Waals surface area contributed by atoms with Gasteiger partial charge in [-0.1, -0.05) is 0 Å². The summed E-state index contributed by atoms with van der Waals surface area (Å²) in [4.78, 5) is 23.6. The Hall–Kier alpha value is -1.66. The van der Waals surface area contributed by atoms with Gasteiger partial charge in [0.1, 0.15) is 0 Å². The number of amides is 1. The third-order valence-corrected chi connectivity index (χ3v) is 3.26. The molecular weight excluding hydrogens is 266 g/mol. The molecule has 0 aliphatic heterocycles. The van der Waals surface area contributed by atoms with Gasteiger partial charge in [-0.3, -0.25) is 4.79 Å². The molecule has 0 aromatic carbocycles. The summed E-state index contributed by atoms with van der Waals surface area (Å²) in [6, 6.07) is 3.70. The van der Waals surface area contributed by atoms with Crippen LogP contribution < -0.4 is 5.32 Å². The Bertz CT molecular complexity index is 453. The number of nitrogens with one attached hydrogen (secondary N) is 1. The molecule has 0 fully saturated rings. The highest BCUT2D eigenvalue weighted by atomic mass is 32.1. The third-order valence-electron chi connectivity index (χ3n) is 2.21. The smallest absolute Gasteiger partial charge is 0.328 e. The molecule has 1 aromatic heterocycles. The van der Waals surface area contributed by atoms with Crippen molar-refractivity contribution in [3.8, 4) is 0 Å². The molecule has 0 spiro atoms. The zero-order valence-electron chi connectivity index (χ0n) is 10.7. The molecule has 1 amide bonds. The van der Waals surface area contributed by atoms with Crippen LogP contribution in [0.3, 0.4) is 0 Å². The molecule has 2 N–H and O–H groups in total. The van der Waals surface area contributed by atoms with Gasteiger partial charge >= 0.3 is 5.97 Å². The van der Waals surface area contributed by atoms with E-state index >= 15 is 0 Å². The van der Waals surface area contributed by atoms with Gasteiger partial charge in [0.25, 0.3) is 0 Å². The number of ether oxygens (including phenoxy) is 1. The lowest BCUT2D eigenvalue weighted by Crippen LogP contribution is -2.23. The Balaban J connectivity index is 2.33. The SMILES string of the molecule is CCOCCC(=O)NCc1ccc(C=CC(=O)O)s1. The molecule has 0 bridgehead atoms. The van der Waals surface area contributed by atoms with Crippen LogP contribution in [0, 0.1) is 0 Å². The van der Waals surface area contributed by atoms with Crippen LogP contribution in [-0.4, -0.2) is 30.2 Å². The Morgan fingerprint density at radius 3 is 2.95 bits per heavy atom. The van der Waals surface area contributed by atoms with Crippen LogP contribution in [0.5, 0.6) is 0 Å². The summed E-state index contributed by atoms with van der Waals surface area (Å²) >= 11 is 1.45. The van der Waals surface area contributed by atoms with E-state index in [1.165, 1.54) is 17.4 Å². The van der Waals surface area contributed by atoms with Crippen molar-refractivity contribution < 1.29 is 19.4 Å². The van der Waals surface area contributed by atoms with Crippen molar-refractivity contribution in [2.45, 2.75) is 19.9 Å². The maximum absolute atomic E-state index is 11.4. The van der Waals surface area contributed by atoms with Crippen molar-refractivity contribution >= 4 is 29.3 Å². The fourth-order valence-electron chi connectivity index (χ4n) is 1.32. The van der Waals surface area contributed by atoms with Gasteiger partial charge in [-0.15, -0.1) is 11.3 Å². The van der Waals surface area contributed by atoms with Crippen molar-refractivity contribution in [2.24, 2.45) is 0 Å². The van der Waals surface area contributed by atoms with Gasteiger partial charge in [-0.05, 0) is 25.1 Å². The Labute approximate surface area is 115 Å². The molecule has 5 nitrogen and oxygen atoms in total. The van der Waals surface area contributed by atoms with Crippen LogP contribution in [0.1, 0.15) is 23.1 Å². The number of rotatable bonds is 8. The highest BCUT2D eigenvalue weighted by molar-refractivity contribution is 7.12. The lowest BCUT2D eigenvalue weighted by Gasteiger charge is -2.03. The minimum atomic E-state index is -0.973. The molecule has 19 heavy (non-hydrogen) atoms. The first-order valence-electron chi connectivity index (χ1n) is 5.96. The van der Waals surface area contributed by atoms with Gasteiger partial charge < -0.3 is 15.2 Å². The van der Waals surface area contributed by atoms with Gasteiger partial charge in [0, 0.05) is 28.9 Å². The van der Waals surface area contributed by atoms with E-state index in [1.807, 2.05) is 19.1 Å². The van der Waals surface area contributed by atoms with Crippen LogP contribution >= 0.6 is 11.3 Å². The number of hydrogen-bond acceptors (Lipinski definition) is 4. The van der Waals surface area contributed by atoms with Gasteiger partial charge in [0.2, 0.25) is 5.91 Å². The van der Waals surface area contributed by atoms with E-state index < -0.39 is 5.97 Å². The highest BCUT2D eigenvalue weighted by Gasteiger charge is 2.03. The fourth-order valence-corrected chi connectivity index (χ4v) is 2.17. The van der Waals surface area contributed by atoms with Gasteiger partial charge in [0.05, 0.1) is 13.2 Å². The number of carboxylic acid groups (broad SMARTS) is 1. The minimum Gasteiger partial charge on any atom is -0.478 e. The Morgan fingerprint density at radius 1 is 1.47 bits per heavy atom. The van der Waals surface area contributed by atoms with Crippen LogP contribution in [0.25, 0.3) is 6.08 Å². The quantitative estimate of drug-likeness (QED) is 0.564. The Kier molecular flexibility index (Phi) is 6.84. The second-order valence-electron chi connectivity index (χ2n) is 3.70. The average molecular weight is 283 g/mol. The first kappa shape index (κ1) is 15.4. The minimum absolute atomic E-state index is 0.0514. The van der Waals surface area contributed by atoms with E-state index in [4.69, 9.17) is 9.84 Å². The van der Waals surface area contributed by atoms with E-state index in [0.29, 0.717) is 26.2 Å². The molecule has 0 radical (unpaired) electrons. The molecule has 0 aliphatic rings. The number of thiophene rings is 1. The van der Waals surface area contributed by atoms with Crippen molar-refractivity contribution in [2.75, 3.05) is 13.2 Å². The topological polar surface area (TPSA) is 75.6 Å². The summed E-state index contributed by atoms with van der Waals surface area (Å²) in [6.07, 6.45) is 2.98. The lowest BCUT2D eigenvalue weighted by atomic mass is 10.3. The van der Waals surface area contributed by atoms with Crippen molar-refractivity contribution in [1.82, 2.24) is 5.32 Å². The van der Waals surface area contributed by atoms with Gasteiger partial charge in [-0.25, -0.2) is 4.79 Å². The second-order valence-corrected chi connectivity index (χ2v) is 4.90. The van der Waals surface area contributed by atoms with Crippen LogP contribution in [0.4, 0.5) is 0 Å². The van der Waals surface area contributed by atoms with E-state index in [-0.39, 0.29) is 5.91 Å². The molecule has 104 valence electrons. The molecule has 0 aliphatic carbocycles. The highest BCUT2D eigenvalue weighted by Crippen LogP contribution is 2.17. The molecule has 1 aromatic rings. The Morgan fingerprint density at radius 2 is 2.26 bits per heavy atom. The summed E-state index contributed by atoms with van der Waals surface area (Å²) in [7, 11) is 0. The molecule has 0 saturated heterocycles. The van der Waals surface area contributed by atoms with Crippen LogP contribution in [0.2, 0.25) is 0 Å². The van der Waals surface area contributed by atoms with E-state index in [0.717, 1.165) is 15.8 Å². The average Bonchev–Trinajstić information content (AvgIpc) is 2.82. The zero-order chi connectivity index (χ0) is 14.1. The summed E-state index contributed by atoms with van der Waals surface area (Å²) in [5.74, 6) is -1.02. The van der Waals surface area contributed by atoms with Crippen molar-refractivity contribution in [1.29, 1.82) is 0 Å². The van der Waals surface area contributed by atoms with E-state index in [1.54, 1.807) is 0 Å². The predicted octanol–water partition coefficient (Wildman–Crippen LogP) is 1.89. The first-order chi connectivity index (χ1) is 9.11. The molecule has 6 heteroatoms. The monoisotopic (exact) mass is 283 g/mol. The lowest BCUT2D eigenvalue weighted by molar-refractivity contribution is -0.131. The third kappa shape index (κ3) is 6.73. The number of hydrogen-bond donors (Lipinski definition) is 2. The maximum Gasteiger partial charge on any atom is 0.328 e. The molecule has 1 rings (SSSR count). The molecule has 0 atom stereocenters. The van der Waals surface area contributed by atoms with Crippen molar-refractivity contribution in [3.05, 3.63) is 28.0 Å². The largest absolute Gasteiger partial charge is 0.478 e. The van der Waals surface area contributed by atoms with E-state index in [9.17, 15) is 9.59 Å². The van der Waals surface area contributed by atoms with Gasteiger partial charge in [0.15, 0.2) is 0 Å². The first-order valence-corrected chi connectivity index (χ1v) is 6.77. The summed E-state index contributed by atoms with van der Waals surface area (Å²) in [5, 5.41) is 11.3. The molecule has 0 saturated carbocycles. The molecule has 1 heterocycles. The summed E-state index contributed by atoms with van der Waals surface area (Å²) in [6.45, 7) is 3.38. The number of aliphatic carboxylic acids is 1. The standard InChI is InChI=1S/C13H17NO4S/c1-2-18-8-7-12(15)14-9-11-4-3-10(19-11)5-6-13(16)17/h3-6H,2,7-9H2,1H3,(H,14,15)(H,16,17). The summed E-state index contributed by atoms with van der Waals surface area (Å²) < 4.78 is 5.09. The van der Waals surface area contributed by atoms with E-state index in [2.05, 4.69) is 5.32 Å². The fraction of sp³-hybridized carbons (Fsp3) is 0.385. The second kappa shape index (κ2) is 8.44. The normalized spacial score (nSPS) is 10.8. The number of carbonyl (C=O) groups excluding carboxylic acids is 1. The summed E-state index contributed by atoms with van der Waals surface area (Å²) in [5.41, 5.74) is 0. The van der Waals surface area contributed by atoms with Crippen LogP contribution in [-0.2, 0) is 20.9 Å². The number of carboxylic acids is 1. The van der Waals surface area contributed by atoms with Crippen molar-refractivity contribution in [3.63, 3.8) is 0 Å². The number of carbonyl (C=O) groups is 2. The predicted molar refractivity (Wildman–Crippen MR) is 73.9 cm³/mol. The van der Waals surface area contributed by atoms with Crippen LogP contribution in [0.15, 0.2) is 18.2 Å². The molecule has 0 unspecified atom stereocenters.